The highest BCUT2D eigenvalue weighted by Gasteiger charge is 2.28. The third-order valence-electron chi connectivity index (χ3n) is 4.84. The Balaban J connectivity index is 1.80. The van der Waals surface area contributed by atoms with Crippen LogP contribution in [-0.4, -0.2) is 44.3 Å². The Morgan fingerprint density at radius 1 is 1.11 bits per heavy atom. The van der Waals surface area contributed by atoms with E-state index in [2.05, 4.69) is 5.10 Å². The van der Waals surface area contributed by atoms with Gasteiger partial charge < -0.3 is 10.0 Å². The number of likely N-dealkylation sites (tertiary alicyclic amines) is 1. The molecule has 1 amide bonds. The van der Waals surface area contributed by atoms with Gasteiger partial charge in [-0.25, -0.2) is 4.68 Å². The molecule has 1 aliphatic rings. The standard InChI is InChI=1S/C20H23N3O4/c24-18-11-10-17(21-23(18)14-15-6-2-1-3-7-15)20(27)22-13-5-4-8-16(22)9-12-19(25)26/h1-3,6-7,10-11,16H,4-5,8-9,12-14H2,(H,25,26). The summed E-state index contributed by atoms with van der Waals surface area (Å²) in [5, 5.41) is 13.2. The van der Waals surface area contributed by atoms with Crippen molar-refractivity contribution in [3.63, 3.8) is 0 Å². The first-order valence-corrected chi connectivity index (χ1v) is 9.19. The first-order valence-electron chi connectivity index (χ1n) is 9.19. The van der Waals surface area contributed by atoms with Crippen LogP contribution >= 0.6 is 0 Å². The third-order valence-corrected chi connectivity index (χ3v) is 4.84. The summed E-state index contributed by atoms with van der Waals surface area (Å²) in [5.74, 6) is -1.10. The van der Waals surface area contributed by atoms with Gasteiger partial charge in [-0.15, -0.1) is 0 Å². The number of carboxylic acids is 1. The van der Waals surface area contributed by atoms with Crippen LogP contribution in [0.4, 0.5) is 0 Å². The van der Waals surface area contributed by atoms with Crippen LogP contribution in [0.15, 0.2) is 47.3 Å². The van der Waals surface area contributed by atoms with Crippen molar-refractivity contribution in [2.45, 2.75) is 44.7 Å². The summed E-state index contributed by atoms with van der Waals surface area (Å²) in [5.41, 5.74) is 0.873. The Kier molecular flexibility index (Phi) is 6.01. The van der Waals surface area contributed by atoms with Crippen LogP contribution in [-0.2, 0) is 11.3 Å². The van der Waals surface area contributed by atoms with Gasteiger partial charge in [0.1, 0.15) is 5.69 Å². The van der Waals surface area contributed by atoms with E-state index in [0.29, 0.717) is 19.5 Å². The predicted molar refractivity (Wildman–Crippen MR) is 99.6 cm³/mol. The molecule has 27 heavy (non-hydrogen) atoms. The number of aromatic nitrogens is 2. The second kappa shape index (κ2) is 8.62. The number of benzene rings is 1. The van der Waals surface area contributed by atoms with Crippen molar-refractivity contribution in [1.82, 2.24) is 14.7 Å². The number of amides is 1. The number of hydrogen-bond acceptors (Lipinski definition) is 4. The molecule has 0 saturated carbocycles. The number of carbonyl (C=O) groups is 2. The van der Waals surface area contributed by atoms with Gasteiger partial charge in [-0.2, -0.15) is 5.10 Å². The van der Waals surface area contributed by atoms with Gasteiger partial charge in [-0.1, -0.05) is 30.3 Å². The Hall–Kier alpha value is -2.96. The largest absolute Gasteiger partial charge is 0.481 e. The first-order chi connectivity index (χ1) is 13.0. The normalized spacial score (nSPS) is 16.9. The summed E-state index contributed by atoms with van der Waals surface area (Å²) in [6, 6.07) is 12.2. The smallest absolute Gasteiger partial charge is 0.303 e. The van der Waals surface area contributed by atoms with Crippen LogP contribution in [0.3, 0.4) is 0 Å². The number of hydrogen-bond donors (Lipinski definition) is 1. The Morgan fingerprint density at radius 2 is 1.89 bits per heavy atom. The van der Waals surface area contributed by atoms with Crippen molar-refractivity contribution in [1.29, 1.82) is 0 Å². The number of rotatable bonds is 6. The van der Waals surface area contributed by atoms with Gasteiger partial charge in [-0.05, 0) is 37.3 Å². The van der Waals surface area contributed by atoms with Crippen molar-refractivity contribution in [3.8, 4) is 0 Å². The van der Waals surface area contributed by atoms with E-state index in [1.54, 1.807) is 4.90 Å². The fourth-order valence-electron chi connectivity index (χ4n) is 3.44. The molecule has 3 rings (SSSR count). The van der Waals surface area contributed by atoms with Crippen molar-refractivity contribution in [2.24, 2.45) is 0 Å². The molecule has 0 aliphatic carbocycles. The summed E-state index contributed by atoms with van der Waals surface area (Å²) in [6.07, 6.45) is 3.14. The molecular formula is C20H23N3O4. The van der Waals surface area contributed by atoms with Gasteiger partial charge in [0.2, 0.25) is 0 Å². The number of piperidine rings is 1. The zero-order valence-corrected chi connectivity index (χ0v) is 15.1. The Bertz CT molecular complexity index is 863. The summed E-state index contributed by atoms with van der Waals surface area (Å²) in [7, 11) is 0. The van der Waals surface area contributed by atoms with Crippen LogP contribution < -0.4 is 5.56 Å². The lowest BCUT2D eigenvalue weighted by atomic mass is 9.97. The highest BCUT2D eigenvalue weighted by atomic mass is 16.4. The maximum absolute atomic E-state index is 13.0. The summed E-state index contributed by atoms with van der Waals surface area (Å²) in [6.45, 7) is 0.881. The van der Waals surface area contributed by atoms with E-state index in [1.807, 2.05) is 30.3 Å². The van der Waals surface area contributed by atoms with E-state index in [1.165, 1.54) is 16.8 Å². The van der Waals surface area contributed by atoms with Gasteiger partial charge in [0.25, 0.3) is 11.5 Å². The molecule has 7 heteroatoms. The van der Waals surface area contributed by atoms with E-state index in [9.17, 15) is 14.4 Å². The molecule has 1 atom stereocenters. The average Bonchev–Trinajstić information content (AvgIpc) is 2.68. The Morgan fingerprint density at radius 3 is 2.63 bits per heavy atom. The van der Waals surface area contributed by atoms with Crippen molar-refractivity contribution >= 4 is 11.9 Å². The highest BCUT2D eigenvalue weighted by Crippen LogP contribution is 2.22. The van der Waals surface area contributed by atoms with Crippen LogP contribution in [0, 0.1) is 0 Å². The molecule has 1 fully saturated rings. The van der Waals surface area contributed by atoms with Crippen molar-refractivity contribution < 1.29 is 14.7 Å². The van der Waals surface area contributed by atoms with E-state index in [4.69, 9.17) is 5.11 Å². The van der Waals surface area contributed by atoms with Gasteiger partial charge in [-0.3, -0.25) is 14.4 Å². The number of carbonyl (C=O) groups excluding carboxylic acids is 1. The van der Waals surface area contributed by atoms with Crippen LogP contribution in [0.5, 0.6) is 0 Å². The van der Waals surface area contributed by atoms with Crippen LogP contribution in [0.25, 0.3) is 0 Å². The predicted octanol–water partition coefficient (Wildman–Crippen LogP) is 2.15. The lowest BCUT2D eigenvalue weighted by Gasteiger charge is -2.35. The lowest BCUT2D eigenvalue weighted by molar-refractivity contribution is -0.137. The molecule has 0 bridgehead atoms. The van der Waals surface area contributed by atoms with Crippen molar-refractivity contribution in [3.05, 3.63) is 64.1 Å². The molecular weight excluding hydrogens is 346 g/mol. The minimum absolute atomic E-state index is 0.0371. The van der Waals surface area contributed by atoms with Gasteiger partial charge in [0.05, 0.1) is 6.54 Å². The second-order valence-corrected chi connectivity index (χ2v) is 6.78. The molecule has 1 saturated heterocycles. The molecule has 1 aliphatic heterocycles. The Labute approximate surface area is 157 Å². The zero-order chi connectivity index (χ0) is 19.2. The maximum atomic E-state index is 13.0. The topological polar surface area (TPSA) is 92.5 Å². The third kappa shape index (κ3) is 4.81. The van der Waals surface area contributed by atoms with E-state index < -0.39 is 5.97 Å². The molecule has 2 aromatic rings. The van der Waals surface area contributed by atoms with E-state index >= 15 is 0 Å². The van der Waals surface area contributed by atoms with Crippen LogP contribution in [0.1, 0.15) is 48.2 Å². The molecule has 7 nitrogen and oxygen atoms in total. The average molecular weight is 369 g/mol. The minimum atomic E-state index is -0.859. The molecule has 142 valence electrons. The number of carboxylic acid groups (broad SMARTS) is 1. The monoisotopic (exact) mass is 369 g/mol. The summed E-state index contributed by atoms with van der Waals surface area (Å²) in [4.78, 5) is 37.7. The first kappa shape index (κ1) is 18.8. The fraction of sp³-hybridized carbons (Fsp3) is 0.400. The zero-order valence-electron chi connectivity index (χ0n) is 15.1. The van der Waals surface area contributed by atoms with Gasteiger partial charge in [0.15, 0.2) is 0 Å². The SMILES string of the molecule is O=C(O)CCC1CCCCN1C(=O)c1ccc(=O)n(Cc2ccccc2)n1. The van der Waals surface area contributed by atoms with Crippen LogP contribution in [0.2, 0.25) is 0 Å². The molecule has 1 aromatic carbocycles. The lowest BCUT2D eigenvalue weighted by Crippen LogP contribution is -2.44. The fourth-order valence-corrected chi connectivity index (χ4v) is 3.44. The molecule has 1 unspecified atom stereocenters. The molecule has 0 spiro atoms. The number of aliphatic carboxylic acids is 1. The maximum Gasteiger partial charge on any atom is 0.303 e. The minimum Gasteiger partial charge on any atom is -0.481 e. The van der Waals surface area contributed by atoms with Crippen molar-refractivity contribution in [2.75, 3.05) is 6.54 Å². The van der Waals surface area contributed by atoms with Gasteiger partial charge >= 0.3 is 5.97 Å². The molecule has 1 N–H and O–H groups in total. The second-order valence-electron chi connectivity index (χ2n) is 6.78. The summed E-state index contributed by atoms with van der Waals surface area (Å²) < 4.78 is 1.29. The molecule has 2 heterocycles. The summed E-state index contributed by atoms with van der Waals surface area (Å²) >= 11 is 0. The number of nitrogens with zero attached hydrogens (tertiary/aromatic N) is 3. The van der Waals surface area contributed by atoms with E-state index in [0.717, 1.165) is 24.8 Å². The van der Waals surface area contributed by atoms with E-state index in [-0.39, 0.29) is 29.6 Å². The quantitative estimate of drug-likeness (QED) is 0.842. The highest BCUT2D eigenvalue weighted by molar-refractivity contribution is 5.92. The molecule has 0 radical (unpaired) electrons. The molecule has 1 aromatic heterocycles. The van der Waals surface area contributed by atoms with Gasteiger partial charge in [0, 0.05) is 25.1 Å².